The standard InChI is InChI=1S/C24H27N3O5S2/c1-14(2)11-26-9-8-15(21(26)29)10-16-12-34-23-19(22(30)27(23)20(16)24(31)32)25-18(28)13-33-17-6-4-3-5-7-17/h3-7,10,14,19,23H,8-9,11-13H2,1-2H3,(H,25,28)(H,31,32)/b15-10+/t19-,23-/m1/s1. The number of aliphatic carboxylic acids is 1. The van der Waals surface area contributed by atoms with Crippen molar-refractivity contribution in [2.45, 2.75) is 36.6 Å². The van der Waals surface area contributed by atoms with Gasteiger partial charge in [0, 0.05) is 29.3 Å². The quantitative estimate of drug-likeness (QED) is 0.320. The van der Waals surface area contributed by atoms with Gasteiger partial charge in [0.25, 0.3) is 5.91 Å². The molecule has 10 heteroatoms. The van der Waals surface area contributed by atoms with Crippen LogP contribution in [0.1, 0.15) is 20.3 Å². The van der Waals surface area contributed by atoms with Gasteiger partial charge in [-0.25, -0.2) is 4.79 Å². The number of nitrogens with zero attached hydrogens (tertiary/aromatic N) is 2. The van der Waals surface area contributed by atoms with E-state index < -0.39 is 23.3 Å². The molecule has 1 aromatic rings. The lowest BCUT2D eigenvalue weighted by atomic mass is 10.0. The van der Waals surface area contributed by atoms with E-state index in [9.17, 15) is 24.3 Å². The summed E-state index contributed by atoms with van der Waals surface area (Å²) in [4.78, 5) is 54.0. The molecule has 0 saturated carbocycles. The predicted molar refractivity (Wildman–Crippen MR) is 131 cm³/mol. The normalized spacial score (nSPS) is 23.4. The van der Waals surface area contributed by atoms with Gasteiger partial charge in [-0.15, -0.1) is 23.5 Å². The molecule has 0 aliphatic carbocycles. The van der Waals surface area contributed by atoms with Crippen molar-refractivity contribution in [3.8, 4) is 0 Å². The summed E-state index contributed by atoms with van der Waals surface area (Å²) in [5, 5.41) is 12.1. The Kier molecular flexibility index (Phi) is 7.37. The van der Waals surface area contributed by atoms with Crippen molar-refractivity contribution in [1.29, 1.82) is 0 Å². The fourth-order valence-corrected chi connectivity index (χ4v) is 6.30. The number of β-lactam (4-membered cyclic amide) rings is 1. The molecule has 180 valence electrons. The summed E-state index contributed by atoms with van der Waals surface area (Å²) >= 11 is 2.77. The second-order valence-electron chi connectivity index (χ2n) is 8.80. The summed E-state index contributed by atoms with van der Waals surface area (Å²) in [7, 11) is 0. The third-order valence-corrected chi connectivity index (χ3v) is 8.09. The van der Waals surface area contributed by atoms with Crippen LogP contribution >= 0.6 is 23.5 Å². The number of carboxylic acids is 1. The van der Waals surface area contributed by atoms with Gasteiger partial charge in [0.15, 0.2) is 0 Å². The van der Waals surface area contributed by atoms with Crippen molar-refractivity contribution < 1.29 is 24.3 Å². The molecule has 0 aromatic heterocycles. The van der Waals surface area contributed by atoms with Gasteiger partial charge in [-0.2, -0.15) is 0 Å². The van der Waals surface area contributed by atoms with Crippen LogP contribution in [0.25, 0.3) is 0 Å². The number of allylic oxidation sites excluding steroid dienone is 1. The van der Waals surface area contributed by atoms with E-state index >= 15 is 0 Å². The van der Waals surface area contributed by atoms with Crippen LogP contribution in [-0.4, -0.2) is 74.6 Å². The molecule has 34 heavy (non-hydrogen) atoms. The van der Waals surface area contributed by atoms with E-state index in [1.54, 1.807) is 11.0 Å². The van der Waals surface area contributed by atoms with Gasteiger partial charge < -0.3 is 15.3 Å². The zero-order valence-corrected chi connectivity index (χ0v) is 20.7. The van der Waals surface area contributed by atoms with Gasteiger partial charge in [-0.05, 0) is 36.1 Å². The molecule has 3 aliphatic heterocycles. The number of amides is 3. The number of carbonyl (C=O) groups excluding carboxylic acids is 3. The van der Waals surface area contributed by atoms with Gasteiger partial charge in [-0.3, -0.25) is 19.3 Å². The van der Waals surface area contributed by atoms with Crippen molar-refractivity contribution in [2.75, 3.05) is 24.6 Å². The van der Waals surface area contributed by atoms with Crippen LogP contribution in [-0.2, 0) is 19.2 Å². The lowest BCUT2D eigenvalue weighted by Crippen LogP contribution is -2.70. The minimum Gasteiger partial charge on any atom is -0.477 e. The molecule has 2 saturated heterocycles. The number of rotatable bonds is 8. The Morgan fingerprint density at radius 3 is 2.68 bits per heavy atom. The van der Waals surface area contributed by atoms with Crippen molar-refractivity contribution in [3.63, 3.8) is 0 Å². The molecule has 3 heterocycles. The number of hydrogen-bond donors (Lipinski definition) is 2. The van der Waals surface area contributed by atoms with Crippen LogP contribution in [0.3, 0.4) is 0 Å². The molecule has 1 aromatic carbocycles. The second kappa shape index (κ2) is 10.3. The Bertz CT molecular complexity index is 1070. The Labute approximate surface area is 206 Å². The molecular formula is C24H27N3O5S2. The molecule has 3 aliphatic rings. The van der Waals surface area contributed by atoms with Crippen molar-refractivity contribution in [3.05, 3.63) is 53.3 Å². The van der Waals surface area contributed by atoms with E-state index in [1.807, 2.05) is 44.2 Å². The molecule has 3 amide bonds. The topological polar surface area (TPSA) is 107 Å². The fraction of sp³-hybridized carbons (Fsp3) is 0.417. The van der Waals surface area contributed by atoms with Gasteiger partial charge in [0.05, 0.1) is 5.75 Å². The van der Waals surface area contributed by atoms with Crippen LogP contribution in [0.4, 0.5) is 0 Å². The summed E-state index contributed by atoms with van der Waals surface area (Å²) in [6.07, 6.45) is 2.20. The van der Waals surface area contributed by atoms with Crippen LogP contribution in [0.15, 0.2) is 58.1 Å². The summed E-state index contributed by atoms with van der Waals surface area (Å²) in [5.74, 6) is -1.14. The van der Waals surface area contributed by atoms with Gasteiger partial charge >= 0.3 is 5.97 Å². The second-order valence-corrected chi connectivity index (χ2v) is 11.0. The van der Waals surface area contributed by atoms with E-state index in [4.69, 9.17) is 0 Å². The summed E-state index contributed by atoms with van der Waals surface area (Å²) in [6.45, 7) is 5.37. The highest BCUT2D eigenvalue weighted by Gasteiger charge is 2.54. The Hall–Kier alpha value is -2.72. The summed E-state index contributed by atoms with van der Waals surface area (Å²) in [6, 6.07) is 8.73. The van der Waals surface area contributed by atoms with Crippen molar-refractivity contribution >= 4 is 47.2 Å². The lowest BCUT2D eigenvalue weighted by molar-refractivity contribution is -0.150. The Morgan fingerprint density at radius 1 is 1.26 bits per heavy atom. The lowest BCUT2D eigenvalue weighted by Gasteiger charge is -2.49. The fourth-order valence-electron chi connectivity index (χ4n) is 4.26. The smallest absolute Gasteiger partial charge is 0.352 e. The predicted octanol–water partition coefficient (Wildman–Crippen LogP) is 2.33. The SMILES string of the molecule is CC(C)CN1CC/C(=C\C2=C(C(=O)O)N3C(=O)[C@@H](NC(=O)CSc4ccccc4)[C@H]3SC2)C1=O. The van der Waals surface area contributed by atoms with Crippen molar-refractivity contribution in [2.24, 2.45) is 5.92 Å². The molecule has 2 atom stereocenters. The number of thioether (sulfide) groups is 2. The number of likely N-dealkylation sites (tertiary alicyclic amines) is 1. The Balaban J connectivity index is 1.44. The monoisotopic (exact) mass is 501 g/mol. The molecule has 4 rings (SSSR count). The van der Waals surface area contributed by atoms with Crippen LogP contribution in [0.5, 0.6) is 0 Å². The molecule has 0 bridgehead atoms. The average Bonchev–Trinajstić information content (AvgIpc) is 3.14. The van der Waals surface area contributed by atoms with E-state index in [2.05, 4.69) is 5.32 Å². The zero-order chi connectivity index (χ0) is 24.4. The van der Waals surface area contributed by atoms with Crippen LogP contribution in [0, 0.1) is 5.92 Å². The molecule has 0 spiro atoms. The molecule has 8 nitrogen and oxygen atoms in total. The highest BCUT2D eigenvalue weighted by molar-refractivity contribution is 8.00. The van der Waals surface area contributed by atoms with E-state index in [-0.39, 0.29) is 23.3 Å². The average molecular weight is 502 g/mol. The molecule has 0 unspecified atom stereocenters. The summed E-state index contributed by atoms with van der Waals surface area (Å²) in [5.41, 5.74) is 0.936. The number of fused-ring (bicyclic) bond motifs is 1. The number of nitrogens with one attached hydrogen (secondary N) is 1. The first-order valence-corrected chi connectivity index (χ1v) is 13.2. The van der Waals surface area contributed by atoms with Gasteiger partial charge in [-0.1, -0.05) is 32.0 Å². The number of carbonyl (C=O) groups is 4. The molecule has 0 radical (unpaired) electrons. The largest absolute Gasteiger partial charge is 0.477 e. The third-order valence-electron chi connectivity index (χ3n) is 5.78. The zero-order valence-electron chi connectivity index (χ0n) is 19.0. The molecule has 2 N–H and O–H groups in total. The minimum absolute atomic E-state index is 0.0749. The maximum Gasteiger partial charge on any atom is 0.352 e. The number of benzene rings is 1. The highest BCUT2D eigenvalue weighted by Crippen LogP contribution is 2.41. The van der Waals surface area contributed by atoms with Crippen LogP contribution in [0.2, 0.25) is 0 Å². The van der Waals surface area contributed by atoms with Gasteiger partial charge in [0.1, 0.15) is 17.1 Å². The molecule has 2 fully saturated rings. The van der Waals surface area contributed by atoms with Crippen LogP contribution < -0.4 is 5.32 Å². The first-order valence-electron chi connectivity index (χ1n) is 11.1. The minimum atomic E-state index is -1.21. The first-order chi connectivity index (χ1) is 16.3. The maximum absolute atomic E-state index is 12.8. The van der Waals surface area contributed by atoms with E-state index in [0.29, 0.717) is 42.3 Å². The summed E-state index contributed by atoms with van der Waals surface area (Å²) < 4.78 is 0. The van der Waals surface area contributed by atoms with Gasteiger partial charge in [0.2, 0.25) is 11.8 Å². The van der Waals surface area contributed by atoms with E-state index in [0.717, 1.165) is 4.90 Å². The first kappa shape index (κ1) is 24.4. The number of hydrogen-bond acceptors (Lipinski definition) is 6. The van der Waals surface area contributed by atoms with Crippen molar-refractivity contribution in [1.82, 2.24) is 15.1 Å². The maximum atomic E-state index is 12.8. The highest BCUT2D eigenvalue weighted by atomic mass is 32.2. The van der Waals surface area contributed by atoms with E-state index in [1.165, 1.54) is 28.4 Å². The number of carboxylic acid groups (broad SMARTS) is 1. The third kappa shape index (κ3) is 5.02. The Morgan fingerprint density at radius 2 is 2.00 bits per heavy atom. The molecular weight excluding hydrogens is 474 g/mol.